The molecule has 2 heterocycles. The van der Waals surface area contributed by atoms with Crippen LogP contribution in [-0.4, -0.2) is 32.1 Å². The molecule has 3 rings (SSSR count). The Morgan fingerprint density at radius 3 is 2.62 bits per heavy atom. The maximum absolute atomic E-state index is 13.5. The molecule has 1 aromatic carbocycles. The molecule has 0 saturated heterocycles. The van der Waals surface area contributed by atoms with Crippen LogP contribution < -0.4 is 5.56 Å². The van der Waals surface area contributed by atoms with Crippen LogP contribution in [0.15, 0.2) is 39.6 Å². The first kappa shape index (κ1) is 23.2. The summed E-state index contributed by atoms with van der Waals surface area (Å²) < 4.78 is 6.93. The fourth-order valence-electron chi connectivity index (χ4n) is 3.89. The number of fused-ring (bicyclic) bond motifs is 1. The van der Waals surface area contributed by atoms with Crippen molar-refractivity contribution in [1.82, 2.24) is 19.6 Å². The van der Waals surface area contributed by atoms with E-state index in [1.54, 1.807) is 16.4 Å². The van der Waals surface area contributed by atoms with E-state index in [-0.39, 0.29) is 36.1 Å². The molecule has 2 aromatic heterocycles. The van der Waals surface area contributed by atoms with Crippen molar-refractivity contribution >= 4 is 17.0 Å². The van der Waals surface area contributed by atoms with Gasteiger partial charge in [-0.05, 0) is 24.8 Å². The molecule has 168 valence electrons. The lowest BCUT2D eigenvalue weighted by Crippen LogP contribution is -2.40. The summed E-state index contributed by atoms with van der Waals surface area (Å²) in [4.78, 5) is 33.0. The van der Waals surface area contributed by atoms with Gasteiger partial charge in [-0.1, -0.05) is 56.3 Å². The van der Waals surface area contributed by atoms with Crippen LogP contribution >= 0.6 is 0 Å². The zero-order valence-corrected chi connectivity index (χ0v) is 19.0. The maximum atomic E-state index is 13.5. The van der Waals surface area contributed by atoms with Crippen LogP contribution in [0.1, 0.15) is 63.2 Å². The smallest absolute Gasteiger partial charge is 0.267 e. The Bertz CT molecular complexity index is 1170. The van der Waals surface area contributed by atoms with Crippen molar-refractivity contribution in [1.29, 1.82) is 5.26 Å². The molecule has 0 saturated carbocycles. The van der Waals surface area contributed by atoms with Crippen molar-refractivity contribution in [3.05, 3.63) is 57.8 Å². The molecule has 0 bridgehead atoms. The number of nitriles is 1. The van der Waals surface area contributed by atoms with E-state index < -0.39 is 6.04 Å². The highest BCUT2D eigenvalue weighted by Gasteiger charge is 2.29. The quantitative estimate of drug-likeness (QED) is 0.503. The van der Waals surface area contributed by atoms with Crippen LogP contribution in [0.2, 0.25) is 0 Å². The van der Waals surface area contributed by atoms with Gasteiger partial charge in [0, 0.05) is 13.0 Å². The lowest BCUT2D eigenvalue weighted by Gasteiger charge is -2.32. The molecule has 0 aliphatic carbocycles. The van der Waals surface area contributed by atoms with Crippen molar-refractivity contribution in [2.24, 2.45) is 5.92 Å². The maximum Gasteiger partial charge on any atom is 0.267 e. The largest absolute Gasteiger partial charge is 0.335 e. The molecular weight excluding hydrogens is 406 g/mol. The fraction of sp³-hybridized carbons (Fsp3) is 0.458. The van der Waals surface area contributed by atoms with Crippen molar-refractivity contribution < 1.29 is 9.32 Å². The number of carbonyl (C=O) groups is 1. The van der Waals surface area contributed by atoms with Gasteiger partial charge >= 0.3 is 0 Å². The summed E-state index contributed by atoms with van der Waals surface area (Å²) in [6.07, 6.45) is 1.09. The van der Waals surface area contributed by atoms with E-state index in [2.05, 4.69) is 16.2 Å². The Kier molecular flexibility index (Phi) is 7.41. The molecular formula is C24H29N5O3. The van der Waals surface area contributed by atoms with Crippen LogP contribution in [-0.2, 0) is 11.3 Å². The number of hydrogen-bond donors (Lipinski definition) is 0. The van der Waals surface area contributed by atoms with Gasteiger partial charge in [-0.15, -0.1) is 0 Å². The van der Waals surface area contributed by atoms with E-state index in [1.807, 2.05) is 51.1 Å². The monoisotopic (exact) mass is 435 g/mol. The molecule has 1 amide bonds. The highest BCUT2D eigenvalue weighted by atomic mass is 16.5. The van der Waals surface area contributed by atoms with Crippen molar-refractivity contribution in [2.75, 3.05) is 6.54 Å². The third kappa shape index (κ3) is 4.88. The number of aromatic nitrogens is 3. The molecule has 0 radical (unpaired) electrons. The van der Waals surface area contributed by atoms with E-state index in [1.165, 1.54) is 0 Å². The van der Waals surface area contributed by atoms with Gasteiger partial charge in [-0.25, -0.2) is 0 Å². The Morgan fingerprint density at radius 2 is 2.00 bits per heavy atom. The number of hydrogen-bond acceptors (Lipinski definition) is 6. The summed E-state index contributed by atoms with van der Waals surface area (Å²) in [7, 11) is 0. The standard InChI is InChI=1S/C24H29N5O3/c1-5-19(28(13-9-12-25)20(30)14-16(2)3)22-26-23-21(17(4)27-32-23)24(31)29(22)15-18-10-7-6-8-11-18/h6-8,10-11,16,19H,5,9,13-15H2,1-4H3. The fourth-order valence-corrected chi connectivity index (χ4v) is 3.89. The number of benzene rings is 1. The molecule has 0 aliphatic rings. The summed E-state index contributed by atoms with van der Waals surface area (Å²) in [5.74, 6) is 0.556. The molecule has 1 unspecified atom stereocenters. The van der Waals surface area contributed by atoms with E-state index in [0.29, 0.717) is 36.3 Å². The second-order valence-electron chi connectivity index (χ2n) is 8.31. The Morgan fingerprint density at radius 1 is 1.28 bits per heavy atom. The SMILES string of the molecule is CCC(c1nc2onc(C)c2c(=O)n1Cc1ccccc1)N(CCC#N)C(=O)CC(C)C. The zero-order chi connectivity index (χ0) is 23.3. The lowest BCUT2D eigenvalue weighted by molar-refractivity contribution is -0.134. The highest BCUT2D eigenvalue weighted by molar-refractivity contribution is 5.77. The van der Waals surface area contributed by atoms with Gasteiger partial charge in [0.25, 0.3) is 11.3 Å². The van der Waals surface area contributed by atoms with Gasteiger partial charge in [-0.3, -0.25) is 14.2 Å². The average Bonchev–Trinajstić information content (AvgIpc) is 3.14. The Labute approximate surface area is 187 Å². The summed E-state index contributed by atoms with van der Waals surface area (Å²) in [5, 5.41) is 13.4. The number of amides is 1. The third-order valence-electron chi connectivity index (χ3n) is 5.41. The van der Waals surface area contributed by atoms with E-state index in [4.69, 9.17) is 9.78 Å². The molecule has 8 nitrogen and oxygen atoms in total. The molecule has 0 N–H and O–H groups in total. The minimum Gasteiger partial charge on any atom is -0.335 e. The number of nitrogens with zero attached hydrogens (tertiary/aromatic N) is 5. The predicted octanol–water partition coefficient (Wildman–Crippen LogP) is 3.98. The molecule has 0 fully saturated rings. The second-order valence-corrected chi connectivity index (χ2v) is 8.31. The first-order chi connectivity index (χ1) is 15.4. The molecule has 1 atom stereocenters. The van der Waals surface area contributed by atoms with Crippen molar-refractivity contribution in [3.8, 4) is 6.07 Å². The van der Waals surface area contributed by atoms with Crippen LogP contribution in [0, 0.1) is 24.2 Å². The van der Waals surface area contributed by atoms with Gasteiger partial charge in [0.1, 0.15) is 11.2 Å². The molecule has 8 heteroatoms. The topological polar surface area (TPSA) is 105 Å². The summed E-state index contributed by atoms with van der Waals surface area (Å²) in [6, 6.07) is 11.3. The lowest BCUT2D eigenvalue weighted by atomic mass is 10.1. The first-order valence-electron chi connectivity index (χ1n) is 10.9. The van der Waals surface area contributed by atoms with Gasteiger partial charge in [-0.2, -0.15) is 10.2 Å². The van der Waals surface area contributed by atoms with Crippen LogP contribution in [0.25, 0.3) is 11.1 Å². The van der Waals surface area contributed by atoms with Gasteiger partial charge < -0.3 is 9.42 Å². The van der Waals surface area contributed by atoms with Crippen LogP contribution in [0.5, 0.6) is 0 Å². The Hall–Kier alpha value is -3.47. The first-order valence-corrected chi connectivity index (χ1v) is 10.9. The minimum absolute atomic E-state index is 0.0588. The van der Waals surface area contributed by atoms with E-state index in [9.17, 15) is 9.59 Å². The molecule has 32 heavy (non-hydrogen) atoms. The summed E-state index contributed by atoms with van der Waals surface area (Å²) in [5.41, 5.74) is 1.35. The predicted molar refractivity (Wildman–Crippen MR) is 121 cm³/mol. The summed E-state index contributed by atoms with van der Waals surface area (Å²) >= 11 is 0. The highest BCUT2D eigenvalue weighted by Crippen LogP contribution is 2.26. The number of carbonyl (C=O) groups excluding carboxylic acids is 1. The molecule has 0 spiro atoms. The molecule has 3 aromatic rings. The normalized spacial score (nSPS) is 12.1. The van der Waals surface area contributed by atoms with Crippen LogP contribution in [0.3, 0.4) is 0 Å². The van der Waals surface area contributed by atoms with Gasteiger partial charge in [0.15, 0.2) is 0 Å². The Balaban J connectivity index is 2.18. The number of rotatable bonds is 9. The van der Waals surface area contributed by atoms with Crippen molar-refractivity contribution in [3.63, 3.8) is 0 Å². The average molecular weight is 436 g/mol. The number of aryl methyl sites for hydroxylation is 1. The van der Waals surface area contributed by atoms with Gasteiger partial charge in [0.05, 0.1) is 30.8 Å². The van der Waals surface area contributed by atoms with E-state index >= 15 is 0 Å². The van der Waals surface area contributed by atoms with Gasteiger partial charge in [0.2, 0.25) is 5.91 Å². The summed E-state index contributed by atoms with van der Waals surface area (Å²) in [6.45, 7) is 8.20. The van der Waals surface area contributed by atoms with Crippen molar-refractivity contribution in [2.45, 2.75) is 59.5 Å². The zero-order valence-electron chi connectivity index (χ0n) is 19.0. The van der Waals surface area contributed by atoms with Crippen LogP contribution in [0.4, 0.5) is 0 Å². The molecule has 0 aliphatic heterocycles. The second kappa shape index (κ2) is 10.2. The third-order valence-corrected chi connectivity index (χ3v) is 5.41. The van der Waals surface area contributed by atoms with E-state index in [0.717, 1.165) is 5.56 Å². The minimum atomic E-state index is -0.471.